The van der Waals surface area contributed by atoms with E-state index in [1.54, 1.807) is 24.1 Å². The number of thiophene rings is 1. The number of rotatable bonds is 9. The molecular formula is C24H29ClN2O2S. The van der Waals surface area contributed by atoms with Crippen LogP contribution in [0.15, 0.2) is 78.2 Å². The standard InChI is InChI=1S/C24H28N2O2S.ClH/c1-25(16-15-20-10-5-3-6-11-20)17-18-26(2)23(27)24(28,22-14-9-19-29-22)21-12-7-4-8-13-21;/h3-14,19,28H,15-18H2,1-2H3;1H. The van der Waals surface area contributed by atoms with Gasteiger partial charge >= 0.3 is 0 Å². The molecular weight excluding hydrogens is 416 g/mol. The Hall–Kier alpha value is -2.18. The highest BCUT2D eigenvalue weighted by Crippen LogP contribution is 2.34. The second-order valence-electron chi connectivity index (χ2n) is 7.32. The lowest BCUT2D eigenvalue weighted by atomic mass is 9.90. The number of hydrogen-bond donors (Lipinski definition) is 1. The number of benzene rings is 2. The van der Waals surface area contributed by atoms with Crippen LogP contribution in [0.5, 0.6) is 0 Å². The summed E-state index contributed by atoms with van der Waals surface area (Å²) in [6.07, 6.45) is 0.970. The van der Waals surface area contributed by atoms with Crippen LogP contribution in [-0.2, 0) is 16.8 Å². The summed E-state index contributed by atoms with van der Waals surface area (Å²) in [4.78, 5) is 17.8. The molecule has 1 unspecified atom stereocenters. The summed E-state index contributed by atoms with van der Waals surface area (Å²) in [5.74, 6) is -0.303. The SMILES string of the molecule is CN(CCc1ccccc1)CCN(C)C(=O)C(O)(c1ccccc1)c1cccs1.Cl. The van der Waals surface area contributed by atoms with E-state index in [1.165, 1.54) is 16.9 Å². The number of nitrogens with zero attached hydrogens (tertiary/aromatic N) is 2. The predicted octanol–water partition coefficient (Wildman–Crippen LogP) is 4.04. The maximum Gasteiger partial charge on any atom is 0.264 e. The van der Waals surface area contributed by atoms with E-state index in [0.29, 0.717) is 17.0 Å². The first-order valence-electron chi connectivity index (χ1n) is 9.81. The van der Waals surface area contributed by atoms with Crippen molar-refractivity contribution in [1.82, 2.24) is 9.80 Å². The summed E-state index contributed by atoms with van der Waals surface area (Å²) in [5.41, 5.74) is 0.240. The van der Waals surface area contributed by atoms with Crippen LogP contribution in [0.2, 0.25) is 0 Å². The summed E-state index contributed by atoms with van der Waals surface area (Å²) in [6.45, 7) is 2.20. The van der Waals surface area contributed by atoms with Crippen LogP contribution < -0.4 is 0 Å². The molecule has 0 bridgehead atoms. The van der Waals surface area contributed by atoms with Gasteiger partial charge in [-0.05, 0) is 36.0 Å². The third kappa shape index (κ3) is 5.70. The molecule has 3 rings (SSSR count). The van der Waals surface area contributed by atoms with Gasteiger partial charge < -0.3 is 14.9 Å². The van der Waals surface area contributed by atoms with E-state index in [0.717, 1.165) is 19.5 Å². The Labute approximate surface area is 189 Å². The maximum atomic E-state index is 13.3. The fraction of sp³-hybridized carbons (Fsp3) is 0.292. The van der Waals surface area contributed by atoms with E-state index < -0.39 is 5.60 Å². The summed E-state index contributed by atoms with van der Waals surface area (Å²) in [5, 5.41) is 13.4. The van der Waals surface area contributed by atoms with Gasteiger partial charge in [-0.2, -0.15) is 0 Å². The molecule has 160 valence electrons. The smallest absolute Gasteiger partial charge is 0.264 e. The Kier molecular flexibility index (Phi) is 9.06. The quantitative estimate of drug-likeness (QED) is 0.541. The largest absolute Gasteiger partial charge is 0.371 e. The molecule has 6 heteroatoms. The number of halogens is 1. The number of carbonyl (C=O) groups excluding carboxylic acids is 1. The number of hydrogen-bond acceptors (Lipinski definition) is 4. The van der Waals surface area contributed by atoms with E-state index in [9.17, 15) is 9.90 Å². The van der Waals surface area contributed by atoms with Crippen molar-refractivity contribution < 1.29 is 9.90 Å². The molecule has 1 aromatic heterocycles. The van der Waals surface area contributed by atoms with Crippen molar-refractivity contribution in [2.45, 2.75) is 12.0 Å². The lowest BCUT2D eigenvalue weighted by Gasteiger charge is -2.32. The van der Waals surface area contributed by atoms with Crippen LogP contribution >= 0.6 is 23.7 Å². The van der Waals surface area contributed by atoms with Crippen LogP contribution in [-0.4, -0.2) is 54.5 Å². The van der Waals surface area contributed by atoms with Gasteiger partial charge in [0, 0.05) is 26.7 Å². The first-order valence-corrected chi connectivity index (χ1v) is 10.7. The van der Waals surface area contributed by atoms with Gasteiger partial charge in [0.05, 0.1) is 4.88 Å². The van der Waals surface area contributed by atoms with Gasteiger partial charge in [-0.15, -0.1) is 23.7 Å². The molecule has 0 fully saturated rings. The van der Waals surface area contributed by atoms with Crippen molar-refractivity contribution in [2.24, 2.45) is 0 Å². The fourth-order valence-electron chi connectivity index (χ4n) is 3.31. The Morgan fingerprint density at radius 2 is 1.53 bits per heavy atom. The van der Waals surface area contributed by atoms with Gasteiger partial charge in [-0.1, -0.05) is 66.7 Å². The van der Waals surface area contributed by atoms with Gasteiger partial charge in [0.1, 0.15) is 0 Å². The lowest BCUT2D eigenvalue weighted by molar-refractivity contribution is -0.146. The van der Waals surface area contributed by atoms with Crippen LogP contribution in [0.1, 0.15) is 16.0 Å². The molecule has 0 spiro atoms. The molecule has 2 aromatic carbocycles. The van der Waals surface area contributed by atoms with Crippen molar-refractivity contribution in [3.63, 3.8) is 0 Å². The lowest BCUT2D eigenvalue weighted by Crippen LogP contribution is -2.47. The first kappa shape index (κ1) is 24.1. The highest BCUT2D eigenvalue weighted by molar-refractivity contribution is 7.10. The molecule has 4 nitrogen and oxygen atoms in total. The average Bonchev–Trinajstić information content (AvgIpc) is 3.31. The molecule has 0 saturated carbocycles. The molecule has 1 amide bonds. The molecule has 0 aliphatic carbocycles. The molecule has 3 aromatic rings. The third-order valence-corrected chi connectivity index (χ3v) is 6.15. The molecule has 0 saturated heterocycles. The van der Waals surface area contributed by atoms with E-state index in [4.69, 9.17) is 0 Å². The Morgan fingerprint density at radius 1 is 0.900 bits per heavy atom. The number of aliphatic hydroxyl groups is 1. The molecule has 0 aliphatic heterocycles. The third-order valence-electron chi connectivity index (χ3n) is 5.17. The van der Waals surface area contributed by atoms with Gasteiger partial charge in [0.25, 0.3) is 5.91 Å². The highest BCUT2D eigenvalue weighted by Gasteiger charge is 2.42. The van der Waals surface area contributed by atoms with E-state index in [1.807, 2.05) is 41.8 Å². The zero-order valence-corrected chi connectivity index (χ0v) is 19.0. The minimum Gasteiger partial charge on any atom is -0.371 e. The van der Waals surface area contributed by atoms with Crippen LogP contribution in [0.3, 0.4) is 0 Å². The summed E-state index contributed by atoms with van der Waals surface area (Å²) in [7, 11) is 3.82. The topological polar surface area (TPSA) is 43.8 Å². The molecule has 1 heterocycles. The highest BCUT2D eigenvalue weighted by atomic mass is 35.5. The Morgan fingerprint density at radius 3 is 2.13 bits per heavy atom. The molecule has 30 heavy (non-hydrogen) atoms. The fourth-order valence-corrected chi connectivity index (χ4v) is 4.15. The number of carbonyl (C=O) groups is 1. The number of amides is 1. The maximum absolute atomic E-state index is 13.3. The summed E-state index contributed by atoms with van der Waals surface area (Å²) < 4.78 is 0. The zero-order chi connectivity index (χ0) is 20.7. The van der Waals surface area contributed by atoms with Crippen molar-refractivity contribution >= 4 is 29.7 Å². The molecule has 0 radical (unpaired) electrons. The van der Waals surface area contributed by atoms with Crippen molar-refractivity contribution in [3.05, 3.63) is 94.2 Å². The van der Waals surface area contributed by atoms with Crippen LogP contribution in [0.25, 0.3) is 0 Å². The van der Waals surface area contributed by atoms with Crippen molar-refractivity contribution in [3.8, 4) is 0 Å². The zero-order valence-electron chi connectivity index (χ0n) is 17.4. The Balaban J connectivity index is 0.00000320. The van der Waals surface area contributed by atoms with Gasteiger partial charge in [0.2, 0.25) is 5.60 Å². The van der Waals surface area contributed by atoms with Gasteiger partial charge in [-0.25, -0.2) is 0 Å². The summed E-state index contributed by atoms with van der Waals surface area (Å²) in [6, 6.07) is 23.2. The minimum atomic E-state index is -1.66. The van der Waals surface area contributed by atoms with E-state index >= 15 is 0 Å². The van der Waals surface area contributed by atoms with Gasteiger partial charge in [0.15, 0.2) is 0 Å². The normalized spacial score (nSPS) is 12.8. The molecule has 0 aliphatic rings. The monoisotopic (exact) mass is 444 g/mol. The minimum absolute atomic E-state index is 0. The molecule has 1 atom stereocenters. The van der Waals surface area contributed by atoms with Crippen LogP contribution in [0, 0.1) is 0 Å². The van der Waals surface area contributed by atoms with Crippen molar-refractivity contribution in [1.29, 1.82) is 0 Å². The molecule has 1 N–H and O–H groups in total. The predicted molar refractivity (Wildman–Crippen MR) is 126 cm³/mol. The number of likely N-dealkylation sites (N-methyl/N-ethyl adjacent to an activating group) is 2. The first-order chi connectivity index (χ1) is 14.0. The van der Waals surface area contributed by atoms with Crippen molar-refractivity contribution in [2.75, 3.05) is 33.7 Å². The van der Waals surface area contributed by atoms with Crippen LogP contribution in [0.4, 0.5) is 0 Å². The summed E-state index contributed by atoms with van der Waals surface area (Å²) >= 11 is 1.39. The Bertz CT molecular complexity index is 890. The van der Waals surface area contributed by atoms with E-state index in [2.05, 4.69) is 36.2 Å². The van der Waals surface area contributed by atoms with Gasteiger partial charge in [-0.3, -0.25) is 4.79 Å². The second kappa shape index (κ2) is 11.3. The second-order valence-corrected chi connectivity index (χ2v) is 8.27. The average molecular weight is 445 g/mol. The van der Waals surface area contributed by atoms with E-state index in [-0.39, 0.29) is 18.3 Å².